The lowest BCUT2D eigenvalue weighted by Gasteiger charge is -2.37. The Morgan fingerprint density at radius 2 is 1.93 bits per heavy atom. The van der Waals surface area contributed by atoms with Gasteiger partial charge in [0, 0.05) is 6.07 Å². The van der Waals surface area contributed by atoms with Crippen molar-refractivity contribution in [2.75, 3.05) is 4.72 Å². The van der Waals surface area contributed by atoms with Crippen molar-refractivity contribution in [3.63, 3.8) is 0 Å². The molecule has 1 aliphatic carbocycles. The largest absolute Gasteiger partial charge is 0.516 e. The van der Waals surface area contributed by atoms with E-state index in [1.807, 2.05) is 20.8 Å². The Balaban J connectivity index is 2.42. The predicted octanol–water partition coefficient (Wildman–Crippen LogP) is 4.70. The highest BCUT2D eigenvalue weighted by molar-refractivity contribution is 7.93. The van der Waals surface area contributed by atoms with Gasteiger partial charge in [0.1, 0.15) is 6.10 Å². The van der Waals surface area contributed by atoms with Gasteiger partial charge in [0.25, 0.3) is 5.69 Å². The summed E-state index contributed by atoms with van der Waals surface area (Å²) in [5.41, 5.74) is -6.41. The molecule has 158 valence electrons. The summed E-state index contributed by atoms with van der Waals surface area (Å²) in [6.07, 6.45) is 2.06. The van der Waals surface area contributed by atoms with Crippen LogP contribution in [0.2, 0.25) is 0 Å². The number of sulfonamides is 1. The van der Waals surface area contributed by atoms with Gasteiger partial charge in [-0.2, -0.15) is 21.6 Å². The second-order valence-corrected chi connectivity index (χ2v) is 9.15. The fraction of sp³-hybridized carbons (Fsp3) is 0.647. The molecule has 0 heterocycles. The summed E-state index contributed by atoms with van der Waals surface area (Å²) >= 11 is 0. The highest BCUT2D eigenvalue weighted by Gasteiger charge is 2.46. The first kappa shape index (κ1) is 22.3. The Morgan fingerprint density at radius 1 is 1.29 bits per heavy atom. The average Bonchev–Trinajstić information content (AvgIpc) is 2.54. The van der Waals surface area contributed by atoms with E-state index in [2.05, 4.69) is 0 Å². The molecule has 1 saturated carbocycles. The number of nitro benzene ring substituents is 1. The molecule has 1 N–H and O–H groups in total. The van der Waals surface area contributed by atoms with Gasteiger partial charge in [-0.15, -0.1) is 0 Å². The van der Waals surface area contributed by atoms with Gasteiger partial charge >= 0.3 is 15.5 Å². The van der Waals surface area contributed by atoms with Crippen LogP contribution in [0.3, 0.4) is 0 Å². The number of hydrogen-bond acceptors (Lipinski definition) is 5. The zero-order chi connectivity index (χ0) is 21.3. The van der Waals surface area contributed by atoms with Crippen LogP contribution >= 0.6 is 0 Å². The molecule has 0 spiro atoms. The lowest BCUT2D eigenvalue weighted by molar-refractivity contribution is -0.384. The molecule has 7 nitrogen and oxygen atoms in total. The van der Waals surface area contributed by atoms with E-state index in [1.54, 1.807) is 0 Å². The standard InChI is InChI=1S/C17H23F3N2O5S/c1-10(2)13-6-4-11(3)8-15(13)27-16-9-12(22(23)24)5-7-14(16)21-28(25,26)17(18,19)20/h5,7,9-11,13,15,21H,4,6,8H2,1-3H3/t11-,13+,15-/m0/s1. The van der Waals surface area contributed by atoms with E-state index in [0.717, 1.165) is 31.0 Å². The zero-order valence-electron chi connectivity index (χ0n) is 15.7. The van der Waals surface area contributed by atoms with Gasteiger partial charge in [0.15, 0.2) is 5.75 Å². The van der Waals surface area contributed by atoms with E-state index in [-0.39, 0.29) is 23.7 Å². The van der Waals surface area contributed by atoms with E-state index in [0.29, 0.717) is 12.3 Å². The number of nitrogens with zero attached hydrogens (tertiary/aromatic N) is 1. The van der Waals surface area contributed by atoms with Crippen LogP contribution in [0.25, 0.3) is 0 Å². The number of rotatable bonds is 6. The highest BCUT2D eigenvalue weighted by Crippen LogP contribution is 2.39. The average molecular weight is 424 g/mol. The minimum absolute atomic E-state index is 0.0996. The van der Waals surface area contributed by atoms with Crippen molar-refractivity contribution in [2.24, 2.45) is 17.8 Å². The molecule has 1 fully saturated rings. The van der Waals surface area contributed by atoms with Crippen LogP contribution in [-0.2, 0) is 10.0 Å². The minimum Gasteiger partial charge on any atom is -0.488 e. The lowest BCUT2D eigenvalue weighted by atomic mass is 9.75. The monoisotopic (exact) mass is 424 g/mol. The van der Waals surface area contributed by atoms with Crippen molar-refractivity contribution >= 4 is 21.4 Å². The molecular formula is C17H23F3N2O5S. The number of nitrogens with one attached hydrogen (secondary N) is 1. The topological polar surface area (TPSA) is 98.5 Å². The van der Waals surface area contributed by atoms with Gasteiger partial charge in [-0.25, -0.2) is 0 Å². The fourth-order valence-corrected chi connectivity index (χ4v) is 4.00. The van der Waals surface area contributed by atoms with Crippen LogP contribution in [0, 0.1) is 27.9 Å². The molecule has 2 rings (SSSR count). The molecule has 0 saturated heterocycles. The van der Waals surface area contributed by atoms with Crippen LogP contribution in [0.4, 0.5) is 24.5 Å². The van der Waals surface area contributed by atoms with Crippen LogP contribution in [0.1, 0.15) is 40.0 Å². The quantitative estimate of drug-likeness (QED) is 0.527. The third-order valence-corrected chi connectivity index (χ3v) is 6.06. The summed E-state index contributed by atoms with van der Waals surface area (Å²) in [4.78, 5) is 10.3. The third-order valence-electron chi connectivity index (χ3n) is 4.96. The summed E-state index contributed by atoms with van der Waals surface area (Å²) in [7, 11) is -5.69. The van der Waals surface area contributed by atoms with E-state index in [4.69, 9.17) is 4.74 Å². The molecule has 1 aromatic rings. The van der Waals surface area contributed by atoms with Crippen LogP contribution in [0.15, 0.2) is 18.2 Å². The molecule has 28 heavy (non-hydrogen) atoms. The van der Waals surface area contributed by atoms with E-state index < -0.39 is 31.8 Å². The van der Waals surface area contributed by atoms with Crippen LogP contribution in [0.5, 0.6) is 5.75 Å². The Hall–Kier alpha value is -2.04. The first-order chi connectivity index (χ1) is 12.8. The summed E-state index contributed by atoms with van der Waals surface area (Å²) < 4.78 is 68.5. The molecular weight excluding hydrogens is 401 g/mol. The van der Waals surface area contributed by atoms with Crippen LogP contribution < -0.4 is 9.46 Å². The van der Waals surface area contributed by atoms with Crippen molar-refractivity contribution in [2.45, 2.75) is 51.6 Å². The van der Waals surface area contributed by atoms with Gasteiger partial charge in [0.05, 0.1) is 16.7 Å². The second-order valence-electron chi connectivity index (χ2n) is 7.47. The Bertz CT molecular complexity index is 827. The van der Waals surface area contributed by atoms with Crippen LogP contribution in [-0.4, -0.2) is 25.0 Å². The summed E-state index contributed by atoms with van der Waals surface area (Å²) in [5.74, 6) is 0.356. The van der Waals surface area contributed by atoms with Crippen molar-refractivity contribution in [1.29, 1.82) is 0 Å². The molecule has 11 heteroatoms. The maximum absolute atomic E-state index is 12.7. The number of anilines is 1. The summed E-state index contributed by atoms with van der Waals surface area (Å²) in [5, 5.41) is 11.1. The Kier molecular flexibility index (Phi) is 6.47. The molecule has 1 aromatic carbocycles. The number of nitro groups is 1. The Morgan fingerprint density at radius 3 is 2.46 bits per heavy atom. The van der Waals surface area contributed by atoms with Gasteiger partial charge in [-0.1, -0.05) is 27.2 Å². The second kappa shape index (κ2) is 8.14. The fourth-order valence-electron chi connectivity index (χ4n) is 3.42. The zero-order valence-corrected chi connectivity index (χ0v) is 16.5. The van der Waals surface area contributed by atoms with E-state index in [1.165, 1.54) is 4.72 Å². The Labute approximate surface area is 161 Å². The number of ether oxygens (including phenoxy) is 1. The SMILES string of the molecule is CC(C)[C@H]1CC[C@H](C)C[C@@H]1Oc1cc([N+](=O)[O-])ccc1NS(=O)(=O)C(F)(F)F. The van der Waals surface area contributed by atoms with Gasteiger partial charge in [0.2, 0.25) is 0 Å². The van der Waals surface area contributed by atoms with Gasteiger partial charge < -0.3 is 4.74 Å². The first-order valence-corrected chi connectivity index (χ1v) is 10.3. The number of hydrogen-bond donors (Lipinski definition) is 1. The number of halogens is 3. The smallest absolute Gasteiger partial charge is 0.488 e. The third kappa shape index (κ3) is 5.06. The summed E-state index contributed by atoms with van der Waals surface area (Å²) in [6, 6.07) is 2.78. The molecule has 0 aromatic heterocycles. The number of benzene rings is 1. The number of non-ortho nitro benzene ring substituents is 1. The minimum atomic E-state index is -5.69. The molecule has 0 bridgehead atoms. The summed E-state index contributed by atoms with van der Waals surface area (Å²) in [6.45, 7) is 6.02. The van der Waals surface area contributed by atoms with Crippen molar-refractivity contribution in [3.05, 3.63) is 28.3 Å². The van der Waals surface area contributed by atoms with E-state index in [9.17, 15) is 31.7 Å². The van der Waals surface area contributed by atoms with Gasteiger partial charge in [-0.3, -0.25) is 14.8 Å². The van der Waals surface area contributed by atoms with Crippen molar-refractivity contribution < 1.29 is 31.2 Å². The number of alkyl halides is 3. The maximum Gasteiger partial charge on any atom is 0.516 e. The molecule has 0 unspecified atom stereocenters. The maximum atomic E-state index is 12.7. The van der Waals surface area contributed by atoms with E-state index >= 15 is 0 Å². The van der Waals surface area contributed by atoms with Crippen molar-refractivity contribution in [1.82, 2.24) is 0 Å². The first-order valence-electron chi connectivity index (χ1n) is 8.86. The predicted molar refractivity (Wildman–Crippen MR) is 97.5 cm³/mol. The molecule has 1 aliphatic rings. The van der Waals surface area contributed by atoms with Crippen molar-refractivity contribution in [3.8, 4) is 5.75 Å². The normalized spacial score (nSPS) is 23.5. The molecule has 0 amide bonds. The molecule has 3 atom stereocenters. The molecule has 0 radical (unpaired) electrons. The highest BCUT2D eigenvalue weighted by atomic mass is 32.2. The van der Waals surface area contributed by atoms with Gasteiger partial charge in [-0.05, 0) is 36.7 Å². The lowest BCUT2D eigenvalue weighted by Crippen LogP contribution is -2.36. The molecule has 0 aliphatic heterocycles.